The molecule has 0 saturated heterocycles. The van der Waals surface area contributed by atoms with Gasteiger partial charge in [0.15, 0.2) is 0 Å². The Hall–Kier alpha value is -2.46. The molecule has 0 fully saturated rings. The number of carboxylic acids is 1. The molecule has 2 rings (SSSR count). The molecule has 0 radical (unpaired) electrons. The first-order valence-electron chi connectivity index (χ1n) is 6.66. The molecule has 0 heterocycles. The van der Waals surface area contributed by atoms with Gasteiger partial charge in [-0.3, -0.25) is 0 Å². The molecule has 0 amide bonds. The van der Waals surface area contributed by atoms with Crippen LogP contribution in [0.2, 0.25) is 5.02 Å². The Bertz CT molecular complexity index is 650. The molecule has 0 aromatic heterocycles. The Kier molecular flexibility index (Phi) is 5.86. The Morgan fingerprint density at radius 2 is 1.73 bits per heavy atom. The molecule has 0 aliphatic carbocycles. The maximum Gasteiger partial charge on any atom is 0.328 e. The second kappa shape index (κ2) is 8.10. The summed E-state index contributed by atoms with van der Waals surface area (Å²) < 4.78 is 11.1. The van der Waals surface area contributed by atoms with Gasteiger partial charge in [0.2, 0.25) is 0 Å². The van der Waals surface area contributed by atoms with Crippen molar-refractivity contribution >= 4 is 23.6 Å². The minimum Gasteiger partial charge on any atom is -0.490 e. The van der Waals surface area contributed by atoms with Gasteiger partial charge in [0.05, 0.1) is 0 Å². The van der Waals surface area contributed by atoms with Crippen LogP contribution in [0, 0.1) is 0 Å². The minimum absolute atomic E-state index is 0.384. The summed E-state index contributed by atoms with van der Waals surface area (Å²) in [4.78, 5) is 10.5. The lowest BCUT2D eigenvalue weighted by Crippen LogP contribution is -2.08. The van der Waals surface area contributed by atoms with Gasteiger partial charge in [-0.1, -0.05) is 23.7 Å². The number of rotatable bonds is 7. The zero-order valence-corrected chi connectivity index (χ0v) is 12.5. The van der Waals surface area contributed by atoms with E-state index in [9.17, 15) is 4.79 Å². The van der Waals surface area contributed by atoms with Crippen LogP contribution < -0.4 is 9.47 Å². The lowest BCUT2D eigenvalue weighted by Gasteiger charge is -2.09. The number of hydrogen-bond acceptors (Lipinski definition) is 3. The van der Waals surface area contributed by atoms with Crippen molar-refractivity contribution in [3.63, 3.8) is 0 Å². The lowest BCUT2D eigenvalue weighted by atomic mass is 10.2. The van der Waals surface area contributed by atoms with Crippen LogP contribution in [0.1, 0.15) is 5.56 Å². The van der Waals surface area contributed by atoms with Gasteiger partial charge in [0, 0.05) is 11.1 Å². The smallest absolute Gasteiger partial charge is 0.328 e. The van der Waals surface area contributed by atoms with Crippen molar-refractivity contribution < 1.29 is 19.4 Å². The third-order valence-corrected chi connectivity index (χ3v) is 2.96. The molecule has 114 valence electrons. The molecular weight excluding hydrogens is 304 g/mol. The summed E-state index contributed by atoms with van der Waals surface area (Å²) in [6, 6.07) is 14.3. The summed E-state index contributed by atoms with van der Waals surface area (Å²) in [5, 5.41) is 9.26. The number of halogens is 1. The van der Waals surface area contributed by atoms with E-state index in [1.165, 1.54) is 6.08 Å². The second-order valence-electron chi connectivity index (χ2n) is 4.39. The van der Waals surface area contributed by atoms with Crippen molar-refractivity contribution in [3.05, 3.63) is 65.2 Å². The monoisotopic (exact) mass is 318 g/mol. The Balaban J connectivity index is 1.80. The number of benzene rings is 2. The average Bonchev–Trinajstić information content (AvgIpc) is 2.52. The largest absolute Gasteiger partial charge is 0.490 e. The van der Waals surface area contributed by atoms with Crippen LogP contribution in [0.3, 0.4) is 0 Å². The number of carboxylic acid groups (broad SMARTS) is 1. The number of aliphatic carboxylic acids is 1. The van der Waals surface area contributed by atoms with Crippen molar-refractivity contribution in [1.82, 2.24) is 0 Å². The van der Waals surface area contributed by atoms with E-state index in [2.05, 4.69) is 0 Å². The van der Waals surface area contributed by atoms with Crippen molar-refractivity contribution in [2.45, 2.75) is 0 Å². The first-order chi connectivity index (χ1) is 10.6. The van der Waals surface area contributed by atoms with Gasteiger partial charge >= 0.3 is 5.97 Å². The van der Waals surface area contributed by atoms with E-state index in [1.807, 2.05) is 0 Å². The standard InChI is InChI=1S/C17H15ClO4/c18-14-5-7-15(8-6-14)21-10-11-22-16-3-1-2-13(12-16)4-9-17(19)20/h1-9,12H,10-11H2,(H,19,20). The summed E-state index contributed by atoms with van der Waals surface area (Å²) in [6.07, 6.45) is 2.60. The molecule has 2 aromatic rings. The molecule has 5 heteroatoms. The van der Waals surface area contributed by atoms with Gasteiger partial charge in [0.25, 0.3) is 0 Å². The Morgan fingerprint density at radius 1 is 1.05 bits per heavy atom. The third kappa shape index (κ3) is 5.50. The van der Waals surface area contributed by atoms with E-state index >= 15 is 0 Å². The molecule has 0 aliphatic heterocycles. The van der Waals surface area contributed by atoms with Gasteiger partial charge in [-0.2, -0.15) is 0 Å². The molecule has 0 unspecified atom stereocenters. The van der Waals surface area contributed by atoms with Crippen LogP contribution in [0.15, 0.2) is 54.6 Å². The molecular formula is C17H15ClO4. The second-order valence-corrected chi connectivity index (χ2v) is 4.83. The van der Waals surface area contributed by atoms with Gasteiger partial charge < -0.3 is 14.6 Å². The fourth-order valence-corrected chi connectivity index (χ4v) is 1.85. The van der Waals surface area contributed by atoms with Crippen molar-refractivity contribution in [3.8, 4) is 11.5 Å². The molecule has 4 nitrogen and oxygen atoms in total. The zero-order valence-electron chi connectivity index (χ0n) is 11.7. The molecule has 0 bridgehead atoms. The van der Waals surface area contributed by atoms with Crippen LogP contribution in [0.5, 0.6) is 11.5 Å². The first-order valence-corrected chi connectivity index (χ1v) is 7.03. The van der Waals surface area contributed by atoms with Crippen LogP contribution in [-0.4, -0.2) is 24.3 Å². The van der Waals surface area contributed by atoms with Crippen LogP contribution >= 0.6 is 11.6 Å². The van der Waals surface area contributed by atoms with E-state index in [-0.39, 0.29) is 0 Å². The Morgan fingerprint density at radius 3 is 2.41 bits per heavy atom. The van der Waals surface area contributed by atoms with E-state index in [0.717, 1.165) is 17.4 Å². The third-order valence-electron chi connectivity index (χ3n) is 2.71. The van der Waals surface area contributed by atoms with E-state index < -0.39 is 5.97 Å². The molecule has 0 atom stereocenters. The molecule has 0 spiro atoms. The summed E-state index contributed by atoms with van der Waals surface area (Å²) >= 11 is 5.79. The average molecular weight is 319 g/mol. The summed E-state index contributed by atoms with van der Waals surface area (Å²) in [7, 11) is 0. The fraction of sp³-hybridized carbons (Fsp3) is 0.118. The fourth-order valence-electron chi connectivity index (χ4n) is 1.73. The van der Waals surface area contributed by atoms with E-state index in [1.54, 1.807) is 48.5 Å². The summed E-state index contributed by atoms with van der Waals surface area (Å²) in [5.74, 6) is 0.404. The normalized spacial score (nSPS) is 10.6. The number of carbonyl (C=O) groups is 1. The van der Waals surface area contributed by atoms with Crippen LogP contribution in [0.25, 0.3) is 6.08 Å². The van der Waals surface area contributed by atoms with Crippen LogP contribution in [0.4, 0.5) is 0 Å². The summed E-state index contributed by atoms with van der Waals surface area (Å²) in [5.41, 5.74) is 0.763. The van der Waals surface area contributed by atoms with Gasteiger partial charge in [0.1, 0.15) is 24.7 Å². The molecule has 1 N–H and O–H groups in total. The SMILES string of the molecule is O=C(O)C=Cc1cccc(OCCOc2ccc(Cl)cc2)c1. The van der Waals surface area contributed by atoms with Crippen LogP contribution in [-0.2, 0) is 4.79 Å². The Labute approximate surface area is 133 Å². The van der Waals surface area contributed by atoms with E-state index in [0.29, 0.717) is 24.0 Å². The van der Waals surface area contributed by atoms with Crippen molar-refractivity contribution in [1.29, 1.82) is 0 Å². The van der Waals surface area contributed by atoms with Crippen molar-refractivity contribution in [2.75, 3.05) is 13.2 Å². The number of hydrogen-bond donors (Lipinski definition) is 1. The predicted octanol–water partition coefficient (Wildman–Crippen LogP) is 3.90. The molecule has 22 heavy (non-hydrogen) atoms. The highest BCUT2D eigenvalue weighted by molar-refractivity contribution is 6.30. The van der Waals surface area contributed by atoms with Gasteiger partial charge in [-0.25, -0.2) is 4.79 Å². The predicted molar refractivity (Wildman–Crippen MR) is 85.6 cm³/mol. The molecule has 2 aromatic carbocycles. The first kappa shape index (κ1) is 15.9. The lowest BCUT2D eigenvalue weighted by molar-refractivity contribution is -0.131. The topological polar surface area (TPSA) is 55.8 Å². The van der Waals surface area contributed by atoms with Gasteiger partial charge in [-0.15, -0.1) is 0 Å². The highest BCUT2D eigenvalue weighted by Gasteiger charge is 1.97. The highest BCUT2D eigenvalue weighted by Crippen LogP contribution is 2.16. The highest BCUT2D eigenvalue weighted by atomic mass is 35.5. The quantitative estimate of drug-likeness (QED) is 0.621. The molecule has 0 saturated carbocycles. The maximum atomic E-state index is 10.5. The van der Waals surface area contributed by atoms with E-state index in [4.69, 9.17) is 26.2 Å². The zero-order chi connectivity index (χ0) is 15.8. The van der Waals surface area contributed by atoms with Crippen molar-refractivity contribution in [2.24, 2.45) is 0 Å². The minimum atomic E-state index is -0.984. The van der Waals surface area contributed by atoms with Gasteiger partial charge in [-0.05, 0) is 48.0 Å². The molecule has 0 aliphatic rings. The summed E-state index contributed by atoms with van der Waals surface area (Å²) in [6.45, 7) is 0.783. The maximum absolute atomic E-state index is 10.5. The number of ether oxygens (including phenoxy) is 2.